The topological polar surface area (TPSA) is 164 Å². The average molecular weight is 253 g/mol. The standard InChI is InChI=1S/C6H8O7.C2H7NO/c7-3(8)1-6(13,5(11)12)2-4(9)10;1-3-2-4/h13H,1-2H2,(H,7,8)(H,9,10)(H,11,12);3-4H,2H2,1H3. The van der Waals surface area contributed by atoms with Crippen LogP contribution in [-0.4, -0.2) is 62.8 Å². The van der Waals surface area contributed by atoms with E-state index in [2.05, 4.69) is 5.32 Å². The van der Waals surface area contributed by atoms with Crippen molar-refractivity contribution in [1.82, 2.24) is 5.32 Å². The van der Waals surface area contributed by atoms with E-state index < -0.39 is 36.4 Å². The minimum atomic E-state index is -2.74. The molecule has 0 fully saturated rings. The summed E-state index contributed by atoms with van der Waals surface area (Å²) in [5.41, 5.74) is -2.74. The molecule has 9 heteroatoms. The Bertz CT molecular complexity index is 259. The van der Waals surface area contributed by atoms with Gasteiger partial charge in [0.1, 0.15) is 0 Å². The number of aliphatic carboxylic acids is 3. The van der Waals surface area contributed by atoms with E-state index in [0.29, 0.717) is 0 Å². The minimum Gasteiger partial charge on any atom is -0.481 e. The highest BCUT2D eigenvalue weighted by Gasteiger charge is 2.40. The van der Waals surface area contributed by atoms with Crippen LogP contribution in [0.4, 0.5) is 0 Å². The van der Waals surface area contributed by atoms with Gasteiger partial charge in [0.2, 0.25) is 0 Å². The molecule has 0 saturated heterocycles. The number of carbonyl (C=O) groups is 3. The fourth-order valence-corrected chi connectivity index (χ4v) is 0.714. The first-order valence-electron chi connectivity index (χ1n) is 4.34. The lowest BCUT2D eigenvalue weighted by Gasteiger charge is -2.18. The van der Waals surface area contributed by atoms with E-state index in [0.717, 1.165) is 0 Å². The molecule has 9 nitrogen and oxygen atoms in total. The maximum atomic E-state index is 10.3. The van der Waals surface area contributed by atoms with E-state index in [1.807, 2.05) is 0 Å². The Kier molecular flexibility index (Phi) is 8.78. The van der Waals surface area contributed by atoms with Crippen molar-refractivity contribution in [3.05, 3.63) is 0 Å². The normalized spacial score (nSPS) is 10.1. The Morgan fingerprint density at radius 3 is 1.47 bits per heavy atom. The van der Waals surface area contributed by atoms with Gasteiger partial charge in [0.05, 0.1) is 19.6 Å². The number of carboxylic acid groups (broad SMARTS) is 3. The first kappa shape index (κ1) is 17.7. The average Bonchev–Trinajstić information content (AvgIpc) is 2.15. The van der Waals surface area contributed by atoms with Crippen molar-refractivity contribution in [3.8, 4) is 0 Å². The van der Waals surface area contributed by atoms with Gasteiger partial charge in [-0.1, -0.05) is 0 Å². The summed E-state index contributed by atoms with van der Waals surface area (Å²) in [5, 5.41) is 44.1. The van der Waals surface area contributed by atoms with Gasteiger partial charge in [-0.25, -0.2) is 4.79 Å². The number of rotatable bonds is 6. The molecule has 0 aliphatic carbocycles. The molecule has 0 rings (SSSR count). The summed E-state index contributed by atoms with van der Waals surface area (Å²) in [4.78, 5) is 30.5. The van der Waals surface area contributed by atoms with Gasteiger partial charge in [-0.15, -0.1) is 0 Å². The van der Waals surface area contributed by atoms with Gasteiger partial charge in [-0.3, -0.25) is 14.9 Å². The summed E-state index contributed by atoms with van der Waals surface area (Å²) in [7, 11) is 1.68. The van der Waals surface area contributed by atoms with E-state index in [4.69, 9.17) is 25.5 Å². The molecule has 17 heavy (non-hydrogen) atoms. The van der Waals surface area contributed by atoms with Crippen LogP contribution in [0, 0.1) is 0 Å². The zero-order valence-corrected chi connectivity index (χ0v) is 9.08. The largest absolute Gasteiger partial charge is 0.481 e. The van der Waals surface area contributed by atoms with Crippen LogP contribution in [0.2, 0.25) is 0 Å². The summed E-state index contributed by atoms with van der Waals surface area (Å²) in [5.74, 6) is -5.02. The number of aliphatic hydroxyl groups is 2. The van der Waals surface area contributed by atoms with Gasteiger partial charge in [-0.05, 0) is 7.05 Å². The summed E-state index contributed by atoms with van der Waals surface area (Å²) in [6, 6.07) is 0. The van der Waals surface area contributed by atoms with Crippen LogP contribution in [-0.2, 0) is 14.4 Å². The predicted molar refractivity (Wildman–Crippen MR) is 53.2 cm³/mol. The first-order valence-corrected chi connectivity index (χ1v) is 4.34. The predicted octanol–water partition coefficient (Wildman–Crippen LogP) is -2.09. The smallest absolute Gasteiger partial charge is 0.336 e. The fourth-order valence-electron chi connectivity index (χ4n) is 0.714. The second kappa shape index (κ2) is 8.44. The number of hydrogen-bond donors (Lipinski definition) is 6. The monoisotopic (exact) mass is 253 g/mol. The maximum Gasteiger partial charge on any atom is 0.336 e. The van der Waals surface area contributed by atoms with Crippen LogP contribution in [0.15, 0.2) is 0 Å². The van der Waals surface area contributed by atoms with Crippen LogP contribution in [0.5, 0.6) is 0 Å². The van der Waals surface area contributed by atoms with Gasteiger partial charge in [0.25, 0.3) is 0 Å². The van der Waals surface area contributed by atoms with Crippen LogP contribution < -0.4 is 5.32 Å². The van der Waals surface area contributed by atoms with E-state index >= 15 is 0 Å². The molecule has 0 aromatic heterocycles. The molecule has 0 aromatic carbocycles. The van der Waals surface area contributed by atoms with Crippen molar-refractivity contribution < 1.29 is 39.9 Å². The Labute approximate surface area is 96.3 Å². The quantitative estimate of drug-likeness (QED) is 0.291. The molecule has 100 valence electrons. The summed E-state index contributed by atoms with van der Waals surface area (Å²) >= 11 is 0. The maximum absolute atomic E-state index is 10.3. The van der Waals surface area contributed by atoms with Gasteiger partial charge in [0.15, 0.2) is 5.60 Å². The Hall–Kier alpha value is -1.71. The SMILES string of the molecule is CNCO.O=C(O)CC(O)(CC(=O)O)C(=O)O. The molecule has 0 amide bonds. The molecule has 0 unspecified atom stereocenters. The molecule has 6 N–H and O–H groups in total. The number of hydrogen-bond acceptors (Lipinski definition) is 6. The Balaban J connectivity index is 0. The second-order valence-electron chi connectivity index (χ2n) is 2.99. The molecular weight excluding hydrogens is 238 g/mol. The van der Waals surface area contributed by atoms with Gasteiger partial charge in [-0.2, -0.15) is 0 Å². The number of carboxylic acids is 3. The van der Waals surface area contributed by atoms with Crippen LogP contribution >= 0.6 is 0 Å². The zero-order valence-electron chi connectivity index (χ0n) is 9.08. The molecule has 0 spiro atoms. The summed E-state index contributed by atoms with van der Waals surface area (Å²) in [6.07, 6.45) is -2.29. The molecule has 0 bridgehead atoms. The van der Waals surface area contributed by atoms with Crippen molar-refractivity contribution in [3.63, 3.8) is 0 Å². The van der Waals surface area contributed by atoms with E-state index in [9.17, 15) is 14.4 Å². The lowest BCUT2D eigenvalue weighted by atomic mass is 9.96. The van der Waals surface area contributed by atoms with Crippen LogP contribution in [0.25, 0.3) is 0 Å². The lowest BCUT2D eigenvalue weighted by molar-refractivity contribution is -0.170. The first-order chi connectivity index (χ1) is 7.69. The minimum absolute atomic E-state index is 0.0694. The summed E-state index contributed by atoms with van der Waals surface area (Å²) in [6.45, 7) is 0.0694. The van der Waals surface area contributed by atoms with E-state index in [1.54, 1.807) is 7.05 Å². The van der Waals surface area contributed by atoms with Crippen LogP contribution in [0.3, 0.4) is 0 Å². The summed E-state index contributed by atoms with van der Waals surface area (Å²) < 4.78 is 0. The molecule has 0 radical (unpaired) electrons. The number of nitrogens with one attached hydrogen (secondary N) is 1. The molecule has 0 aliphatic heterocycles. The molecule has 0 aliphatic rings. The third kappa shape index (κ3) is 9.23. The van der Waals surface area contributed by atoms with Crippen molar-refractivity contribution in [2.45, 2.75) is 18.4 Å². The molecular formula is C8H15NO8. The molecule has 0 heterocycles. The van der Waals surface area contributed by atoms with Crippen molar-refractivity contribution in [1.29, 1.82) is 0 Å². The highest BCUT2D eigenvalue weighted by atomic mass is 16.4. The highest BCUT2D eigenvalue weighted by molar-refractivity contribution is 5.88. The van der Waals surface area contributed by atoms with Crippen molar-refractivity contribution in [2.24, 2.45) is 0 Å². The third-order valence-corrected chi connectivity index (χ3v) is 1.44. The Morgan fingerprint density at radius 1 is 1.06 bits per heavy atom. The van der Waals surface area contributed by atoms with Crippen LogP contribution in [0.1, 0.15) is 12.8 Å². The van der Waals surface area contributed by atoms with Gasteiger partial charge in [0, 0.05) is 0 Å². The molecule has 0 atom stereocenters. The second-order valence-corrected chi connectivity index (χ2v) is 2.99. The van der Waals surface area contributed by atoms with E-state index in [-0.39, 0.29) is 6.73 Å². The van der Waals surface area contributed by atoms with E-state index in [1.165, 1.54) is 0 Å². The zero-order chi connectivity index (χ0) is 14.1. The Morgan fingerprint density at radius 2 is 1.35 bits per heavy atom. The highest BCUT2D eigenvalue weighted by Crippen LogP contribution is 2.15. The molecule has 0 aromatic rings. The number of aliphatic hydroxyl groups excluding tert-OH is 1. The fraction of sp³-hybridized carbons (Fsp3) is 0.625. The van der Waals surface area contributed by atoms with Crippen molar-refractivity contribution >= 4 is 17.9 Å². The van der Waals surface area contributed by atoms with Gasteiger partial charge >= 0.3 is 17.9 Å². The third-order valence-electron chi connectivity index (χ3n) is 1.44. The van der Waals surface area contributed by atoms with Crippen molar-refractivity contribution in [2.75, 3.05) is 13.8 Å². The molecule has 0 saturated carbocycles. The van der Waals surface area contributed by atoms with Gasteiger partial charge < -0.3 is 25.5 Å². The lowest BCUT2D eigenvalue weighted by Crippen LogP contribution is -2.42.